The fraction of sp³-hybridized carbons (Fsp3) is 0.368. The molecule has 1 aliphatic heterocycles. The first-order chi connectivity index (χ1) is 12.4. The lowest BCUT2D eigenvalue weighted by atomic mass is 10.2. The topological polar surface area (TPSA) is 52.7 Å². The zero-order chi connectivity index (χ0) is 18.7. The van der Waals surface area contributed by atoms with E-state index in [0.717, 1.165) is 10.4 Å². The SMILES string of the molecule is Cc1cc(C(=O)N2CCN(CC(=O)Nc3ccccc3Cl)CC2)sc1C. The molecule has 1 saturated heterocycles. The van der Waals surface area contributed by atoms with Gasteiger partial charge in [0.2, 0.25) is 5.91 Å². The Morgan fingerprint density at radius 1 is 1.15 bits per heavy atom. The van der Waals surface area contributed by atoms with Gasteiger partial charge in [-0.05, 0) is 37.6 Å². The van der Waals surface area contributed by atoms with Crippen molar-refractivity contribution < 1.29 is 9.59 Å². The van der Waals surface area contributed by atoms with E-state index >= 15 is 0 Å². The van der Waals surface area contributed by atoms with E-state index in [0.29, 0.717) is 43.4 Å². The fourth-order valence-electron chi connectivity index (χ4n) is 2.90. The maximum Gasteiger partial charge on any atom is 0.264 e. The van der Waals surface area contributed by atoms with Gasteiger partial charge in [-0.25, -0.2) is 0 Å². The molecule has 3 rings (SSSR count). The Kier molecular flexibility index (Phi) is 5.96. The number of rotatable bonds is 4. The van der Waals surface area contributed by atoms with Crippen molar-refractivity contribution in [1.82, 2.24) is 9.80 Å². The highest BCUT2D eigenvalue weighted by Gasteiger charge is 2.24. The van der Waals surface area contributed by atoms with Gasteiger partial charge in [0.25, 0.3) is 5.91 Å². The van der Waals surface area contributed by atoms with E-state index in [4.69, 9.17) is 11.6 Å². The normalized spacial score (nSPS) is 15.1. The van der Waals surface area contributed by atoms with Crippen LogP contribution in [0.1, 0.15) is 20.1 Å². The van der Waals surface area contributed by atoms with Crippen molar-refractivity contribution >= 4 is 40.4 Å². The molecule has 1 aromatic carbocycles. The van der Waals surface area contributed by atoms with E-state index < -0.39 is 0 Å². The molecule has 0 saturated carbocycles. The van der Waals surface area contributed by atoms with E-state index in [2.05, 4.69) is 10.2 Å². The second kappa shape index (κ2) is 8.20. The Labute approximate surface area is 162 Å². The number of halogens is 1. The minimum atomic E-state index is -0.0950. The third-order valence-corrected chi connectivity index (χ3v) is 6.02. The van der Waals surface area contributed by atoms with Gasteiger partial charge >= 0.3 is 0 Å². The second-order valence-corrected chi connectivity index (χ2v) is 8.11. The van der Waals surface area contributed by atoms with Gasteiger partial charge in [-0.15, -0.1) is 11.3 Å². The molecule has 7 heteroatoms. The third-order valence-electron chi connectivity index (χ3n) is 4.55. The van der Waals surface area contributed by atoms with Crippen molar-refractivity contribution in [2.45, 2.75) is 13.8 Å². The Hall–Kier alpha value is -1.89. The van der Waals surface area contributed by atoms with E-state index in [9.17, 15) is 9.59 Å². The summed E-state index contributed by atoms with van der Waals surface area (Å²) < 4.78 is 0. The number of nitrogens with zero attached hydrogens (tertiary/aromatic N) is 2. The van der Waals surface area contributed by atoms with Crippen molar-refractivity contribution in [3.05, 3.63) is 50.7 Å². The number of anilines is 1. The Bertz CT molecular complexity index is 793. The number of piperazine rings is 1. The second-order valence-electron chi connectivity index (χ2n) is 6.45. The molecule has 0 bridgehead atoms. The summed E-state index contributed by atoms with van der Waals surface area (Å²) in [5.74, 6) is -0.00579. The molecular weight excluding hydrogens is 370 g/mol. The molecule has 1 aromatic heterocycles. The van der Waals surface area contributed by atoms with Crippen LogP contribution < -0.4 is 5.32 Å². The van der Waals surface area contributed by atoms with Gasteiger partial charge in [-0.1, -0.05) is 23.7 Å². The van der Waals surface area contributed by atoms with Crippen LogP contribution in [-0.4, -0.2) is 54.3 Å². The maximum atomic E-state index is 12.6. The van der Waals surface area contributed by atoms with Crippen molar-refractivity contribution in [3.8, 4) is 0 Å². The molecular formula is C19H22ClN3O2S. The number of aryl methyl sites for hydroxylation is 2. The summed E-state index contributed by atoms with van der Waals surface area (Å²) >= 11 is 7.61. The van der Waals surface area contributed by atoms with Gasteiger partial charge in [0.05, 0.1) is 22.1 Å². The number of hydrogen-bond acceptors (Lipinski definition) is 4. The highest BCUT2D eigenvalue weighted by Crippen LogP contribution is 2.23. The van der Waals surface area contributed by atoms with Gasteiger partial charge in [0.15, 0.2) is 0 Å². The minimum absolute atomic E-state index is 0.0892. The molecule has 138 valence electrons. The molecule has 1 N–H and O–H groups in total. The summed E-state index contributed by atoms with van der Waals surface area (Å²) in [5.41, 5.74) is 1.78. The smallest absolute Gasteiger partial charge is 0.264 e. The molecule has 1 aliphatic rings. The van der Waals surface area contributed by atoms with Crippen LogP contribution in [0.3, 0.4) is 0 Å². The molecule has 26 heavy (non-hydrogen) atoms. The number of carbonyl (C=O) groups is 2. The zero-order valence-electron chi connectivity index (χ0n) is 14.9. The Balaban J connectivity index is 1.50. The molecule has 2 amide bonds. The summed E-state index contributed by atoms with van der Waals surface area (Å²) in [6, 6.07) is 9.15. The number of para-hydroxylation sites is 1. The molecule has 0 unspecified atom stereocenters. The first-order valence-electron chi connectivity index (χ1n) is 8.57. The van der Waals surface area contributed by atoms with E-state index in [1.54, 1.807) is 23.5 Å². The van der Waals surface area contributed by atoms with Gasteiger partial charge < -0.3 is 10.2 Å². The minimum Gasteiger partial charge on any atom is -0.335 e. The van der Waals surface area contributed by atoms with E-state index in [1.807, 2.05) is 36.9 Å². The van der Waals surface area contributed by atoms with Gasteiger partial charge in [0.1, 0.15) is 0 Å². The molecule has 2 aromatic rings. The van der Waals surface area contributed by atoms with Crippen LogP contribution in [0.4, 0.5) is 5.69 Å². The summed E-state index contributed by atoms with van der Waals surface area (Å²) in [4.78, 5) is 30.7. The Morgan fingerprint density at radius 2 is 1.85 bits per heavy atom. The fourth-order valence-corrected chi connectivity index (χ4v) is 4.08. The summed E-state index contributed by atoms with van der Waals surface area (Å²) in [5, 5.41) is 3.36. The lowest BCUT2D eigenvalue weighted by molar-refractivity contribution is -0.117. The van der Waals surface area contributed by atoms with Crippen LogP contribution in [-0.2, 0) is 4.79 Å². The van der Waals surface area contributed by atoms with Crippen molar-refractivity contribution in [2.24, 2.45) is 0 Å². The summed E-state index contributed by atoms with van der Waals surface area (Å²) in [6.45, 7) is 6.99. The first kappa shape index (κ1) is 18.9. The molecule has 0 radical (unpaired) electrons. The summed E-state index contributed by atoms with van der Waals surface area (Å²) in [6.07, 6.45) is 0. The van der Waals surface area contributed by atoms with Crippen LogP contribution in [0.25, 0.3) is 0 Å². The van der Waals surface area contributed by atoms with E-state index in [1.165, 1.54) is 4.88 Å². The van der Waals surface area contributed by atoms with Crippen molar-refractivity contribution in [3.63, 3.8) is 0 Å². The van der Waals surface area contributed by atoms with Crippen LogP contribution >= 0.6 is 22.9 Å². The number of carbonyl (C=O) groups excluding carboxylic acids is 2. The predicted octanol–water partition coefficient (Wildman–Crippen LogP) is 3.41. The van der Waals surface area contributed by atoms with Crippen molar-refractivity contribution in [1.29, 1.82) is 0 Å². The highest BCUT2D eigenvalue weighted by atomic mass is 35.5. The number of benzene rings is 1. The maximum absolute atomic E-state index is 12.6. The van der Waals surface area contributed by atoms with Crippen molar-refractivity contribution in [2.75, 3.05) is 38.0 Å². The molecule has 0 atom stereocenters. The first-order valence-corrected chi connectivity index (χ1v) is 9.76. The number of nitrogens with one attached hydrogen (secondary N) is 1. The number of hydrogen-bond donors (Lipinski definition) is 1. The van der Waals surface area contributed by atoms with Crippen LogP contribution in [0.2, 0.25) is 5.02 Å². The molecule has 1 fully saturated rings. The van der Waals surface area contributed by atoms with Gasteiger partial charge in [-0.2, -0.15) is 0 Å². The largest absolute Gasteiger partial charge is 0.335 e. The van der Waals surface area contributed by atoms with Crippen LogP contribution in [0, 0.1) is 13.8 Å². The van der Waals surface area contributed by atoms with E-state index in [-0.39, 0.29) is 11.8 Å². The van der Waals surface area contributed by atoms with Crippen LogP contribution in [0.15, 0.2) is 30.3 Å². The standard InChI is InChI=1S/C19H22ClN3O2S/c1-13-11-17(26-14(13)2)19(25)23-9-7-22(8-10-23)12-18(24)21-16-6-4-3-5-15(16)20/h3-6,11H,7-10,12H2,1-2H3,(H,21,24). The zero-order valence-corrected chi connectivity index (χ0v) is 16.5. The summed E-state index contributed by atoms with van der Waals surface area (Å²) in [7, 11) is 0. The number of thiophene rings is 1. The molecule has 5 nitrogen and oxygen atoms in total. The highest BCUT2D eigenvalue weighted by molar-refractivity contribution is 7.14. The Morgan fingerprint density at radius 3 is 2.46 bits per heavy atom. The van der Waals surface area contributed by atoms with Gasteiger partial charge in [-0.3, -0.25) is 14.5 Å². The average Bonchev–Trinajstić information content (AvgIpc) is 2.96. The molecule has 0 aliphatic carbocycles. The lowest BCUT2D eigenvalue weighted by Crippen LogP contribution is -2.50. The van der Waals surface area contributed by atoms with Gasteiger partial charge in [0, 0.05) is 31.1 Å². The average molecular weight is 392 g/mol. The third kappa shape index (κ3) is 4.44. The lowest BCUT2D eigenvalue weighted by Gasteiger charge is -2.34. The monoisotopic (exact) mass is 391 g/mol. The number of amides is 2. The van der Waals surface area contributed by atoms with Crippen LogP contribution in [0.5, 0.6) is 0 Å². The predicted molar refractivity (Wildman–Crippen MR) is 106 cm³/mol. The quantitative estimate of drug-likeness (QED) is 0.868. The molecule has 2 heterocycles. The molecule has 0 spiro atoms.